The molecule has 4 nitrogen and oxygen atoms in total. The van der Waals surface area contributed by atoms with E-state index in [2.05, 4.69) is 49.4 Å². The average Bonchev–Trinajstić information content (AvgIpc) is 3.00. The molecule has 2 aromatic carbocycles. The maximum absolute atomic E-state index is 9.92. The van der Waals surface area contributed by atoms with Gasteiger partial charge in [-0.05, 0) is 17.0 Å². The fraction of sp³-hybridized carbons (Fsp3) is 0.143. The maximum atomic E-state index is 9.92. The lowest BCUT2D eigenvalue weighted by molar-refractivity contribution is -0.150. The highest BCUT2D eigenvalue weighted by atomic mass is 16.6. The summed E-state index contributed by atoms with van der Waals surface area (Å²) in [5.74, 6) is -0.499. The van der Waals surface area contributed by atoms with Gasteiger partial charge in [-0.25, -0.2) is 9.59 Å². The Morgan fingerprint density at radius 1 is 0.840 bits per heavy atom. The number of ether oxygens (including phenoxy) is 1. The lowest BCUT2D eigenvalue weighted by Crippen LogP contribution is -1.96. The zero-order chi connectivity index (χ0) is 17.8. The minimum absolute atomic E-state index is 0. The second kappa shape index (κ2) is 12.4. The molecule has 4 heteroatoms. The van der Waals surface area contributed by atoms with Crippen LogP contribution in [0.2, 0.25) is 0 Å². The van der Waals surface area contributed by atoms with Crippen LogP contribution in [-0.4, -0.2) is 11.9 Å². The normalized spacial score (nSPS) is 11.3. The van der Waals surface area contributed by atoms with Gasteiger partial charge >= 0.3 is 11.9 Å². The highest BCUT2D eigenvalue weighted by molar-refractivity contribution is 6.04. The number of carbonyl (C=O) groups excluding carboxylic acids is 2. The Bertz CT molecular complexity index is 661. The Hall–Kier alpha value is -2.98. The number of cyclic esters (lactones) is 2. The predicted octanol–water partition coefficient (Wildman–Crippen LogP) is 4.93. The third-order valence-corrected chi connectivity index (χ3v) is 3.06. The molecule has 3 N–H and O–H groups in total. The van der Waals surface area contributed by atoms with E-state index in [1.165, 1.54) is 11.1 Å². The first-order valence-electron chi connectivity index (χ1n) is 7.69. The Kier molecular flexibility index (Phi) is 11.0. The van der Waals surface area contributed by atoms with E-state index >= 15 is 0 Å². The van der Waals surface area contributed by atoms with Crippen LogP contribution in [0.15, 0.2) is 79.4 Å². The SMILES string of the molecule is C=Cc1ccccc1.CC(C)c1ccccc1.N.O=C1C=CC(=O)O1. The molecule has 0 bridgehead atoms. The summed E-state index contributed by atoms with van der Waals surface area (Å²) in [4.78, 5) is 19.8. The van der Waals surface area contributed by atoms with Crippen molar-refractivity contribution in [1.82, 2.24) is 6.15 Å². The molecular weight excluding hydrogens is 314 g/mol. The molecule has 0 saturated carbocycles. The first-order chi connectivity index (χ1) is 11.5. The van der Waals surface area contributed by atoms with E-state index < -0.39 is 11.9 Å². The third kappa shape index (κ3) is 9.69. The van der Waals surface area contributed by atoms with Crippen LogP contribution in [0.1, 0.15) is 30.9 Å². The Morgan fingerprint density at radius 2 is 1.28 bits per heavy atom. The molecule has 1 aliphatic heterocycles. The molecule has 2 aromatic rings. The summed E-state index contributed by atoms with van der Waals surface area (Å²) in [6, 6.07) is 20.5. The van der Waals surface area contributed by atoms with Gasteiger partial charge in [0.25, 0.3) is 0 Å². The van der Waals surface area contributed by atoms with Gasteiger partial charge in [0.15, 0.2) is 0 Å². The number of hydrogen-bond donors (Lipinski definition) is 1. The zero-order valence-electron chi connectivity index (χ0n) is 14.7. The highest BCUT2D eigenvalue weighted by Gasteiger charge is 2.10. The third-order valence-electron chi connectivity index (χ3n) is 3.06. The maximum Gasteiger partial charge on any atom is 0.338 e. The van der Waals surface area contributed by atoms with Crippen molar-refractivity contribution in [2.24, 2.45) is 0 Å². The molecule has 0 aliphatic carbocycles. The largest absolute Gasteiger partial charge is 0.387 e. The second-order valence-electron chi connectivity index (χ2n) is 5.25. The highest BCUT2D eigenvalue weighted by Crippen LogP contribution is 2.11. The molecule has 0 unspecified atom stereocenters. The number of esters is 2. The number of rotatable bonds is 2. The van der Waals surface area contributed by atoms with Crippen LogP contribution < -0.4 is 6.15 Å². The van der Waals surface area contributed by atoms with Gasteiger partial charge in [-0.3, -0.25) is 0 Å². The molecule has 0 fully saturated rings. The van der Waals surface area contributed by atoms with Gasteiger partial charge in [0.05, 0.1) is 0 Å². The van der Waals surface area contributed by atoms with Crippen LogP contribution in [0.4, 0.5) is 0 Å². The fourth-order valence-corrected chi connectivity index (χ4v) is 1.73. The van der Waals surface area contributed by atoms with Crippen LogP contribution in [0.3, 0.4) is 0 Å². The van der Waals surface area contributed by atoms with Gasteiger partial charge in [0.2, 0.25) is 0 Å². The molecule has 25 heavy (non-hydrogen) atoms. The van der Waals surface area contributed by atoms with Crippen LogP contribution in [0.5, 0.6) is 0 Å². The number of carbonyl (C=O) groups is 2. The van der Waals surface area contributed by atoms with E-state index in [1.807, 2.05) is 42.5 Å². The Balaban J connectivity index is 0.000000341. The summed E-state index contributed by atoms with van der Waals surface area (Å²) in [5, 5.41) is 0. The molecule has 0 saturated heterocycles. The van der Waals surface area contributed by atoms with E-state index in [4.69, 9.17) is 0 Å². The van der Waals surface area contributed by atoms with Gasteiger partial charge in [-0.15, -0.1) is 0 Å². The smallest absolute Gasteiger partial charge is 0.338 e. The summed E-state index contributed by atoms with van der Waals surface area (Å²) < 4.78 is 3.97. The van der Waals surface area contributed by atoms with Crippen molar-refractivity contribution in [2.45, 2.75) is 19.8 Å². The van der Waals surface area contributed by atoms with Crippen molar-refractivity contribution >= 4 is 18.0 Å². The number of benzene rings is 2. The van der Waals surface area contributed by atoms with E-state index in [0.717, 1.165) is 12.2 Å². The predicted molar refractivity (Wildman–Crippen MR) is 102 cm³/mol. The monoisotopic (exact) mass is 339 g/mol. The van der Waals surface area contributed by atoms with Gasteiger partial charge in [0.1, 0.15) is 0 Å². The Morgan fingerprint density at radius 3 is 1.52 bits per heavy atom. The van der Waals surface area contributed by atoms with Gasteiger partial charge in [-0.2, -0.15) is 0 Å². The van der Waals surface area contributed by atoms with E-state index in [1.54, 1.807) is 0 Å². The summed E-state index contributed by atoms with van der Waals surface area (Å²) in [5.41, 5.74) is 2.59. The topological polar surface area (TPSA) is 78.4 Å². The van der Waals surface area contributed by atoms with E-state index in [9.17, 15) is 9.59 Å². The Labute approximate surface area is 149 Å². The van der Waals surface area contributed by atoms with Crippen molar-refractivity contribution in [3.8, 4) is 0 Å². The molecule has 0 amide bonds. The molecule has 0 radical (unpaired) electrons. The fourth-order valence-electron chi connectivity index (χ4n) is 1.73. The van der Waals surface area contributed by atoms with Crippen molar-refractivity contribution in [2.75, 3.05) is 0 Å². The van der Waals surface area contributed by atoms with E-state index in [-0.39, 0.29) is 6.15 Å². The first-order valence-corrected chi connectivity index (χ1v) is 7.69. The summed E-state index contributed by atoms with van der Waals surface area (Å²) >= 11 is 0. The summed E-state index contributed by atoms with van der Waals surface area (Å²) in [7, 11) is 0. The minimum atomic E-state index is -0.579. The van der Waals surface area contributed by atoms with Gasteiger partial charge < -0.3 is 10.9 Å². The molecule has 1 aliphatic rings. The van der Waals surface area contributed by atoms with Crippen LogP contribution >= 0.6 is 0 Å². The minimum Gasteiger partial charge on any atom is -0.387 e. The van der Waals surface area contributed by atoms with Crippen molar-refractivity contribution in [3.63, 3.8) is 0 Å². The summed E-state index contributed by atoms with van der Waals surface area (Å²) in [6.07, 6.45) is 4.00. The molecule has 0 spiro atoms. The van der Waals surface area contributed by atoms with Gasteiger partial charge in [-0.1, -0.05) is 87.2 Å². The van der Waals surface area contributed by atoms with Crippen LogP contribution in [0, 0.1) is 0 Å². The molecule has 132 valence electrons. The van der Waals surface area contributed by atoms with Crippen LogP contribution in [-0.2, 0) is 14.3 Å². The summed E-state index contributed by atoms with van der Waals surface area (Å²) in [6.45, 7) is 8.04. The lowest BCUT2D eigenvalue weighted by Gasteiger charge is -2.01. The van der Waals surface area contributed by atoms with Crippen molar-refractivity contribution < 1.29 is 14.3 Å². The quantitative estimate of drug-likeness (QED) is 0.621. The average molecular weight is 339 g/mol. The molecule has 1 heterocycles. The lowest BCUT2D eigenvalue weighted by atomic mass is 10.0. The van der Waals surface area contributed by atoms with Crippen molar-refractivity contribution in [1.29, 1.82) is 0 Å². The van der Waals surface area contributed by atoms with Gasteiger partial charge in [0, 0.05) is 12.2 Å². The zero-order valence-corrected chi connectivity index (χ0v) is 14.7. The second-order valence-corrected chi connectivity index (χ2v) is 5.25. The molecular formula is C21H25NO3. The van der Waals surface area contributed by atoms with Crippen LogP contribution in [0.25, 0.3) is 6.08 Å². The molecule has 0 aromatic heterocycles. The van der Waals surface area contributed by atoms with E-state index in [0.29, 0.717) is 5.92 Å². The van der Waals surface area contributed by atoms with Crippen molar-refractivity contribution in [3.05, 3.63) is 90.5 Å². The molecule has 0 atom stereocenters. The first kappa shape index (κ1) is 22.0. The molecule has 3 rings (SSSR count). The number of hydrogen-bond acceptors (Lipinski definition) is 4. The standard InChI is InChI=1S/C9H12.C8H8.C4H2O3.H3N/c1-8(2)9-6-4-3-5-7-9;1-2-8-6-4-3-5-7-8;5-3-1-2-4(6)7-3;/h3-8H,1-2H3;2-7H,1H2;1-2H;1H3.